The van der Waals surface area contributed by atoms with Crippen molar-refractivity contribution in [3.05, 3.63) is 64.1 Å². The van der Waals surface area contributed by atoms with Crippen LogP contribution in [-0.4, -0.2) is 43.8 Å². The first-order valence-corrected chi connectivity index (χ1v) is 11.2. The maximum atomic E-state index is 12.6. The summed E-state index contributed by atoms with van der Waals surface area (Å²) in [6.07, 6.45) is 8.06. The van der Waals surface area contributed by atoms with Crippen LogP contribution in [0.4, 0.5) is 5.95 Å². The summed E-state index contributed by atoms with van der Waals surface area (Å²) >= 11 is 0. The largest absolute Gasteiger partial charge is 0.351 e. The zero-order valence-electron chi connectivity index (χ0n) is 17.8. The monoisotopic (exact) mass is 431 g/mol. The van der Waals surface area contributed by atoms with E-state index < -0.39 is 0 Å². The van der Waals surface area contributed by atoms with Gasteiger partial charge in [-0.05, 0) is 37.5 Å². The zero-order valence-corrected chi connectivity index (χ0v) is 17.8. The second-order valence-electron chi connectivity index (χ2n) is 8.44. The Morgan fingerprint density at radius 1 is 0.906 bits per heavy atom. The molecule has 8 nitrogen and oxygen atoms in total. The van der Waals surface area contributed by atoms with Crippen LogP contribution in [0.1, 0.15) is 59.2 Å². The molecule has 8 heteroatoms. The summed E-state index contributed by atoms with van der Waals surface area (Å²) in [5, 5.41) is 4.18. The van der Waals surface area contributed by atoms with Gasteiger partial charge in [-0.25, -0.2) is 4.98 Å². The fourth-order valence-corrected chi connectivity index (χ4v) is 4.62. The van der Waals surface area contributed by atoms with E-state index in [9.17, 15) is 14.4 Å². The van der Waals surface area contributed by atoms with Gasteiger partial charge in [-0.2, -0.15) is 4.98 Å². The Bertz CT molecular complexity index is 1210. The number of imide groups is 1. The Morgan fingerprint density at radius 3 is 2.34 bits per heavy atom. The van der Waals surface area contributed by atoms with Crippen molar-refractivity contribution in [3.8, 4) is 0 Å². The molecular formula is C24H25N5O3. The summed E-state index contributed by atoms with van der Waals surface area (Å²) in [7, 11) is 0. The molecule has 0 spiro atoms. The van der Waals surface area contributed by atoms with Crippen molar-refractivity contribution in [1.82, 2.24) is 19.4 Å². The number of benzene rings is 1. The quantitative estimate of drug-likeness (QED) is 0.602. The lowest BCUT2D eigenvalue weighted by molar-refractivity contribution is 0.0651. The number of pyridine rings is 1. The molecule has 3 aromatic rings. The predicted octanol–water partition coefficient (Wildman–Crippen LogP) is 3.22. The summed E-state index contributed by atoms with van der Waals surface area (Å²) in [5.74, 6) is -0.0292. The highest BCUT2D eigenvalue weighted by Crippen LogP contribution is 2.23. The van der Waals surface area contributed by atoms with E-state index >= 15 is 0 Å². The normalized spacial score (nSPS) is 16.6. The number of carbonyl (C=O) groups excluding carboxylic acids is 2. The van der Waals surface area contributed by atoms with Crippen LogP contribution >= 0.6 is 0 Å². The smallest absolute Gasteiger partial charge is 0.261 e. The molecule has 1 aliphatic heterocycles. The molecule has 0 radical (unpaired) electrons. The number of amides is 2. The second kappa shape index (κ2) is 8.53. The average molecular weight is 431 g/mol. The van der Waals surface area contributed by atoms with Crippen LogP contribution in [0.15, 0.2) is 47.4 Å². The van der Waals surface area contributed by atoms with Crippen molar-refractivity contribution in [2.24, 2.45) is 0 Å². The lowest BCUT2D eigenvalue weighted by Gasteiger charge is -2.22. The summed E-state index contributed by atoms with van der Waals surface area (Å²) in [4.78, 5) is 48.1. The number of nitrogens with one attached hydrogen (secondary N) is 1. The van der Waals surface area contributed by atoms with Gasteiger partial charge in [0.2, 0.25) is 5.95 Å². The summed E-state index contributed by atoms with van der Waals surface area (Å²) in [5.41, 5.74) is 1.27. The molecule has 1 aliphatic carbocycles. The molecule has 2 aliphatic rings. The van der Waals surface area contributed by atoms with E-state index in [1.807, 2.05) is 0 Å². The van der Waals surface area contributed by atoms with E-state index in [2.05, 4.69) is 15.3 Å². The third-order valence-electron chi connectivity index (χ3n) is 6.30. The number of aromatic nitrogens is 3. The number of hydrogen-bond donors (Lipinski definition) is 1. The first-order chi connectivity index (χ1) is 15.6. The molecule has 1 saturated carbocycles. The average Bonchev–Trinajstić information content (AvgIpc) is 3.06. The molecule has 5 rings (SSSR count). The van der Waals surface area contributed by atoms with Crippen molar-refractivity contribution in [2.75, 3.05) is 11.9 Å². The third kappa shape index (κ3) is 3.77. The molecule has 1 aromatic carbocycles. The van der Waals surface area contributed by atoms with Crippen LogP contribution in [0.2, 0.25) is 0 Å². The van der Waals surface area contributed by atoms with Crippen molar-refractivity contribution in [3.63, 3.8) is 0 Å². The van der Waals surface area contributed by atoms with Gasteiger partial charge >= 0.3 is 0 Å². The summed E-state index contributed by atoms with van der Waals surface area (Å²) < 4.78 is 1.60. The van der Waals surface area contributed by atoms with E-state index in [4.69, 9.17) is 0 Å². The molecular weight excluding hydrogens is 406 g/mol. The highest BCUT2D eigenvalue weighted by Gasteiger charge is 2.34. The lowest BCUT2D eigenvalue weighted by Crippen LogP contribution is -2.32. The minimum absolute atomic E-state index is 0.165. The Kier molecular flexibility index (Phi) is 5.43. The van der Waals surface area contributed by atoms with E-state index in [-0.39, 0.29) is 23.9 Å². The minimum atomic E-state index is -0.280. The van der Waals surface area contributed by atoms with Gasteiger partial charge in [-0.1, -0.05) is 31.4 Å². The first-order valence-electron chi connectivity index (χ1n) is 11.2. The SMILES string of the molecule is O=C1c2ccccc2C(=O)N1CCCn1c(=O)ccc2cnc(NC3CCCCC3)nc21. The number of carbonyl (C=O) groups is 2. The van der Waals surface area contributed by atoms with E-state index in [1.165, 1.54) is 30.2 Å². The third-order valence-corrected chi connectivity index (χ3v) is 6.30. The zero-order chi connectivity index (χ0) is 22.1. The number of rotatable bonds is 6. The van der Waals surface area contributed by atoms with Crippen LogP contribution in [0.3, 0.4) is 0 Å². The van der Waals surface area contributed by atoms with Crippen LogP contribution in [0.5, 0.6) is 0 Å². The molecule has 3 heterocycles. The fourth-order valence-electron chi connectivity index (χ4n) is 4.62. The molecule has 2 aromatic heterocycles. The van der Waals surface area contributed by atoms with Crippen molar-refractivity contribution in [1.29, 1.82) is 0 Å². The number of anilines is 1. The summed E-state index contributed by atoms with van der Waals surface area (Å²) in [6.45, 7) is 0.594. The molecule has 0 unspecified atom stereocenters. The van der Waals surface area contributed by atoms with E-state index in [0.29, 0.717) is 41.7 Å². The number of aryl methyl sites for hydroxylation is 1. The Hall–Kier alpha value is -3.55. The molecule has 0 bridgehead atoms. The van der Waals surface area contributed by atoms with Gasteiger partial charge in [-0.15, -0.1) is 0 Å². The topological polar surface area (TPSA) is 97.2 Å². The van der Waals surface area contributed by atoms with Crippen molar-refractivity contribution < 1.29 is 9.59 Å². The van der Waals surface area contributed by atoms with Gasteiger partial charge in [-0.3, -0.25) is 23.9 Å². The van der Waals surface area contributed by atoms with Gasteiger partial charge in [0.15, 0.2) is 0 Å². The number of hydrogen-bond acceptors (Lipinski definition) is 6. The van der Waals surface area contributed by atoms with Crippen LogP contribution < -0.4 is 10.9 Å². The molecule has 164 valence electrons. The fraction of sp³-hybridized carbons (Fsp3) is 0.375. The van der Waals surface area contributed by atoms with Gasteiger partial charge < -0.3 is 5.32 Å². The maximum absolute atomic E-state index is 12.6. The van der Waals surface area contributed by atoms with Gasteiger partial charge in [0.05, 0.1) is 11.1 Å². The molecule has 0 saturated heterocycles. The number of nitrogens with zero attached hydrogens (tertiary/aromatic N) is 4. The summed E-state index contributed by atoms with van der Waals surface area (Å²) in [6, 6.07) is 10.4. The molecule has 2 amide bonds. The minimum Gasteiger partial charge on any atom is -0.351 e. The standard InChI is InChI=1S/C24H25N5O3/c30-20-12-11-16-15-25-24(26-17-7-2-1-3-8-17)27-21(16)28(20)13-6-14-29-22(31)18-9-4-5-10-19(18)23(29)32/h4-5,9-12,15,17H,1-3,6-8,13-14H2,(H,25,26,27). The molecule has 0 atom stereocenters. The van der Waals surface area contributed by atoms with Crippen LogP contribution in [0.25, 0.3) is 11.0 Å². The van der Waals surface area contributed by atoms with E-state index in [0.717, 1.165) is 18.2 Å². The Morgan fingerprint density at radius 2 is 1.62 bits per heavy atom. The Balaban J connectivity index is 1.33. The van der Waals surface area contributed by atoms with Gasteiger partial charge in [0, 0.05) is 36.8 Å². The first kappa shape index (κ1) is 20.4. The van der Waals surface area contributed by atoms with Crippen molar-refractivity contribution >= 4 is 28.8 Å². The molecule has 32 heavy (non-hydrogen) atoms. The second-order valence-corrected chi connectivity index (χ2v) is 8.44. The maximum Gasteiger partial charge on any atom is 0.261 e. The molecule has 1 fully saturated rings. The highest BCUT2D eigenvalue weighted by atomic mass is 16.2. The van der Waals surface area contributed by atoms with Crippen LogP contribution in [0, 0.1) is 0 Å². The number of fused-ring (bicyclic) bond motifs is 2. The lowest BCUT2D eigenvalue weighted by atomic mass is 9.96. The molecule has 1 N–H and O–H groups in total. The predicted molar refractivity (Wildman–Crippen MR) is 121 cm³/mol. The highest BCUT2D eigenvalue weighted by molar-refractivity contribution is 6.21. The van der Waals surface area contributed by atoms with E-state index in [1.54, 1.807) is 41.1 Å². The Labute approximate surface area is 185 Å². The van der Waals surface area contributed by atoms with Crippen molar-refractivity contribution in [2.45, 2.75) is 51.1 Å². The van der Waals surface area contributed by atoms with Crippen LogP contribution in [-0.2, 0) is 6.54 Å². The van der Waals surface area contributed by atoms with Gasteiger partial charge in [0.1, 0.15) is 5.65 Å². The van der Waals surface area contributed by atoms with Gasteiger partial charge in [0.25, 0.3) is 17.4 Å².